The summed E-state index contributed by atoms with van der Waals surface area (Å²) < 4.78 is 0. The lowest BCUT2D eigenvalue weighted by molar-refractivity contribution is -0.126. The van der Waals surface area contributed by atoms with Gasteiger partial charge in [-0.1, -0.05) is 38.1 Å². The number of hydrogen-bond donors (Lipinski definition) is 2. The molecule has 6 nitrogen and oxygen atoms in total. The largest absolute Gasteiger partial charge is 0.352 e. The monoisotopic (exact) mass is 414 g/mol. The molecule has 0 saturated carbocycles. The minimum absolute atomic E-state index is 0.0634. The van der Waals surface area contributed by atoms with E-state index in [1.807, 2.05) is 35.7 Å². The molecule has 1 unspecified atom stereocenters. The molecule has 1 aromatic heterocycles. The van der Waals surface area contributed by atoms with Crippen molar-refractivity contribution in [2.75, 3.05) is 19.6 Å². The lowest BCUT2D eigenvalue weighted by Crippen LogP contribution is -2.45. The maximum absolute atomic E-state index is 12.7. The van der Waals surface area contributed by atoms with Gasteiger partial charge in [0.25, 0.3) is 11.8 Å². The Labute approximate surface area is 177 Å². The van der Waals surface area contributed by atoms with Gasteiger partial charge in [0.1, 0.15) is 0 Å². The first kappa shape index (κ1) is 22.8. The van der Waals surface area contributed by atoms with Crippen molar-refractivity contribution >= 4 is 29.4 Å². The summed E-state index contributed by atoms with van der Waals surface area (Å²) in [6.07, 6.45) is 4.06. The van der Waals surface area contributed by atoms with Crippen LogP contribution in [0.4, 0.5) is 0 Å². The molecule has 7 heteroatoms. The SMILES string of the molecule is CCN(CC)C(CCCCNC(=O)c1ccccc1)C(=O)N/N=C/c1cccs1. The van der Waals surface area contributed by atoms with Crippen molar-refractivity contribution in [3.63, 3.8) is 0 Å². The lowest BCUT2D eigenvalue weighted by Gasteiger charge is -2.27. The van der Waals surface area contributed by atoms with Gasteiger partial charge >= 0.3 is 0 Å². The zero-order valence-electron chi connectivity index (χ0n) is 17.1. The molecule has 2 N–H and O–H groups in total. The van der Waals surface area contributed by atoms with Crippen molar-refractivity contribution in [1.82, 2.24) is 15.6 Å². The van der Waals surface area contributed by atoms with Crippen LogP contribution in [0.5, 0.6) is 0 Å². The standard InChI is InChI=1S/C22H30N4O2S/c1-3-26(4-2)20(22(28)25-24-17-19-13-10-16-29-19)14-8-9-15-23-21(27)18-11-6-5-7-12-18/h5-7,10-13,16-17,20H,3-4,8-9,14-15H2,1-2H3,(H,23,27)(H,25,28)/b24-17+. The molecule has 0 spiro atoms. The van der Waals surface area contributed by atoms with Crippen LogP contribution in [-0.2, 0) is 4.79 Å². The maximum Gasteiger partial charge on any atom is 0.257 e. The minimum atomic E-state index is -0.227. The summed E-state index contributed by atoms with van der Waals surface area (Å²) in [5.41, 5.74) is 3.34. The number of nitrogens with zero attached hydrogens (tertiary/aromatic N) is 2. The van der Waals surface area contributed by atoms with E-state index >= 15 is 0 Å². The number of hydrogen-bond acceptors (Lipinski definition) is 5. The summed E-state index contributed by atoms with van der Waals surface area (Å²) in [5, 5.41) is 8.99. The Hall–Kier alpha value is -2.51. The van der Waals surface area contributed by atoms with Gasteiger partial charge in [-0.3, -0.25) is 14.5 Å². The zero-order valence-corrected chi connectivity index (χ0v) is 18.0. The molecule has 0 radical (unpaired) electrons. The average Bonchev–Trinajstić information content (AvgIpc) is 3.26. The van der Waals surface area contributed by atoms with Gasteiger partial charge in [-0.05, 0) is 55.9 Å². The Kier molecular flexibility index (Phi) is 10.1. The third-order valence-corrected chi connectivity index (χ3v) is 5.50. The molecule has 2 aromatic rings. The Bertz CT molecular complexity index is 758. The molecule has 0 aliphatic carbocycles. The highest BCUT2D eigenvalue weighted by Gasteiger charge is 2.23. The van der Waals surface area contributed by atoms with E-state index < -0.39 is 0 Å². The molecule has 0 aliphatic heterocycles. The third-order valence-electron chi connectivity index (χ3n) is 4.69. The summed E-state index contributed by atoms with van der Waals surface area (Å²) in [7, 11) is 0. The predicted molar refractivity (Wildman–Crippen MR) is 119 cm³/mol. The smallest absolute Gasteiger partial charge is 0.257 e. The van der Waals surface area contributed by atoms with Crippen LogP contribution in [0.1, 0.15) is 48.3 Å². The highest BCUT2D eigenvalue weighted by molar-refractivity contribution is 7.11. The highest BCUT2D eigenvalue weighted by Crippen LogP contribution is 2.10. The molecule has 2 rings (SSSR count). The van der Waals surface area contributed by atoms with Crippen molar-refractivity contribution in [3.8, 4) is 0 Å². The number of rotatable bonds is 12. The fourth-order valence-corrected chi connectivity index (χ4v) is 3.68. The summed E-state index contributed by atoms with van der Waals surface area (Å²) in [5.74, 6) is -0.152. The number of carbonyl (C=O) groups excluding carboxylic acids is 2. The van der Waals surface area contributed by atoms with Gasteiger partial charge in [0.15, 0.2) is 0 Å². The number of amides is 2. The topological polar surface area (TPSA) is 73.8 Å². The lowest BCUT2D eigenvalue weighted by atomic mass is 10.1. The first-order valence-corrected chi connectivity index (χ1v) is 11.0. The Morgan fingerprint density at radius 1 is 1.10 bits per heavy atom. The number of benzene rings is 1. The van der Waals surface area contributed by atoms with E-state index in [0.717, 1.165) is 37.2 Å². The molecule has 156 valence electrons. The normalized spacial score (nSPS) is 12.2. The van der Waals surface area contributed by atoms with E-state index in [0.29, 0.717) is 12.1 Å². The molecular formula is C22H30N4O2S. The molecule has 1 heterocycles. The maximum atomic E-state index is 12.7. The van der Waals surface area contributed by atoms with E-state index in [1.165, 1.54) is 0 Å². The summed E-state index contributed by atoms with van der Waals surface area (Å²) in [6, 6.07) is 12.9. The quantitative estimate of drug-likeness (QED) is 0.317. The van der Waals surface area contributed by atoms with Crippen LogP contribution in [0.2, 0.25) is 0 Å². The average molecular weight is 415 g/mol. The molecule has 0 fully saturated rings. The Morgan fingerprint density at radius 2 is 1.86 bits per heavy atom. The van der Waals surface area contributed by atoms with Crippen LogP contribution >= 0.6 is 11.3 Å². The van der Waals surface area contributed by atoms with Crippen LogP contribution in [-0.4, -0.2) is 48.6 Å². The summed E-state index contributed by atoms with van der Waals surface area (Å²) in [6.45, 7) is 6.30. The number of thiophene rings is 1. The Morgan fingerprint density at radius 3 is 2.52 bits per heavy atom. The second kappa shape index (κ2) is 12.9. The van der Waals surface area contributed by atoms with Gasteiger partial charge in [-0.2, -0.15) is 5.10 Å². The van der Waals surface area contributed by atoms with Gasteiger partial charge in [0.05, 0.1) is 12.3 Å². The van der Waals surface area contributed by atoms with E-state index in [-0.39, 0.29) is 17.9 Å². The van der Waals surface area contributed by atoms with Crippen LogP contribution in [0.15, 0.2) is 52.9 Å². The van der Waals surface area contributed by atoms with Gasteiger partial charge in [-0.25, -0.2) is 5.43 Å². The number of carbonyl (C=O) groups is 2. The summed E-state index contributed by atoms with van der Waals surface area (Å²) in [4.78, 5) is 27.9. The van der Waals surface area contributed by atoms with Gasteiger partial charge in [0, 0.05) is 17.0 Å². The molecule has 0 bridgehead atoms. The van der Waals surface area contributed by atoms with Crippen molar-refractivity contribution in [2.24, 2.45) is 5.10 Å². The second-order valence-corrected chi connectivity index (χ2v) is 7.58. The first-order valence-electron chi connectivity index (χ1n) is 10.1. The fourth-order valence-electron chi connectivity index (χ4n) is 3.10. The van der Waals surface area contributed by atoms with E-state index in [2.05, 4.69) is 34.6 Å². The highest BCUT2D eigenvalue weighted by atomic mass is 32.1. The van der Waals surface area contributed by atoms with Crippen molar-refractivity contribution in [1.29, 1.82) is 0 Å². The predicted octanol–water partition coefficient (Wildman–Crippen LogP) is 3.51. The Balaban J connectivity index is 1.78. The molecule has 0 saturated heterocycles. The molecular weight excluding hydrogens is 384 g/mol. The van der Waals surface area contributed by atoms with Crippen LogP contribution in [0.25, 0.3) is 0 Å². The molecule has 0 aliphatic rings. The van der Waals surface area contributed by atoms with Gasteiger partial charge in [-0.15, -0.1) is 11.3 Å². The van der Waals surface area contributed by atoms with Gasteiger partial charge < -0.3 is 5.32 Å². The number of unbranched alkanes of at least 4 members (excludes halogenated alkanes) is 1. The van der Waals surface area contributed by atoms with Crippen LogP contribution in [0.3, 0.4) is 0 Å². The zero-order chi connectivity index (χ0) is 20.9. The van der Waals surface area contributed by atoms with E-state index in [9.17, 15) is 9.59 Å². The fraction of sp³-hybridized carbons (Fsp3) is 0.409. The molecule has 29 heavy (non-hydrogen) atoms. The van der Waals surface area contributed by atoms with Crippen molar-refractivity contribution < 1.29 is 9.59 Å². The molecule has 1 aromatic carbocycles. The van der Waals surface area contributed by atoms with Crippen LogP contribution in [0, 0.1) is 0 Å². The number of likely N-dealkylation sites (N-methyl/N-ethyl adjacent to an activating group) is 1. The van der Waals surface area contributed by atoms with Crippen molar-refractivity contribution in [3.05, 3.63) is 58.3 Å². The minimum Gasteiger partial charge on any atom is -0.352 e. The second-order valence-electron chi connectivity index (χ2n) is 6.60. The van der Waals surface area contributed by atoms with Crippen molar-refractivity contribution in [2.45, 2.75) is 39.2 Å². The number of nitrogens with one attached hydrogen (secondary N) is 2. The first-order chi connectivity index (χ1) is 14.2. The van der Waals surface area contributed by atoms with Gasteiger partial charge in [0.2, 0.25) is 0 Å². The third kappa shape index (κ3) is 7.79. The van der Waals surface area contributed by atoms with E-state index in [4.69, 9.17) is 0 Å². The molecule has 2 amide bonds. The van der Waals surface area contributed by atoms with Crippen LogP contribution < -0.4 is 10.7 Å². The van der Waals surface area contributed by atoms with E-state index in [1.54, 1.807) is 29.7 Å². The summed E-state index contributed by atoms with van der Waals surface area (Å²) >= 11 is 1.57. The number of hydrazone groups is 1. The molecule has 1 atom stereocenters.